The zero-order chi connectivity index (χ0) is 12.3. The van der Waals surface area contributed by atoms with E-state index in [1.165, 1.54) is 6.20 Å². The SMILES string of the molecule is CCCn1cc(Oc2nc(N)ncc2F)cn1. The van der Waals surface area contributed by atoms with Crippen LogP contribution in [0.2, 0.25) is 0 Å². The van der Waals surface area contributed by atoms with E-state index < -0.39 is 5.82 Å². The van der Waals surface area contributed by atoms with Crippen LogP contribution in [0.25, 0.3) is 0 Å². The predicted molar refractivity (Wildman–Crippen MR) is 59.0 cm³/mol. The van der Waals surface area contributed by atoms with Gasteiger partial charge in [-0.2, -0.15) is 14.5 Å². The van der Waals surface area contributed by atoms with Crippen LogP contribution in [0, 0.1) is 5.82 Å². The quantitative estimate of drug-likeness (QED) is 0.873. The highest BCUT2D eigenvalue weighted by molar-refractivity contribution is 5.27. The van der Waals surface area contributed by atoms with Gasteiger partial charge in [-0.1, -0.05) is 6.92 Å². The Labute approximate surface area is 97.2 Å². The number of nitrogens with zero attached hydrogens (tertiary/aromatic N) is 4. The number of aryl methyl sites for hydroxylation is 1. The summed E-state index contributed by atoms with van der Waals surface area (Å²) in [5, 5.41) is 4.05. The lowest BCUT2D eigenvalue weighted by atomic mass is 10.5. The Bertz CT molecular complexity index is 513. The molecule has 0 aliphatic heterocycles. The second-order valence-corrected chi connectivity index (χ2v) is 3.42. The van der Waals surface area contributed by atoms with Crippen molar-refractivity contribution in [3.63, 3.8) is 0 Å². The number of hydrogen-bond acceptors (Lipinski definition) is 5. The highest BCUT2D eigenvalue weighted by atomic mass is 19.1. The molecule has 0 bridgehead atoms. The molecule has 0 aromatic carbocycles. The molecule has 7 heteroatoms. The Hall–Kier alpha value is -2.18. The Balaban J connectivity index is 2.16. The first-order chi connectivity index (χ1) is 8.19. The molecule has 0 atom stereocenters. The Kier molecular flexibility index (Phi) is 3.17. The summed E-state index contributed by atoms with van der Waals surface area (Å²) in [6, 6.07) is 0. The summed E-state index contributed by atoms with van der Waals surface area (Å²) in [6.45, 7) is 2.81. The number of halogens is 1. The standard InChI is InChI=1S/C10H12FN5O/c1-2-3-16-6-7(4-14-16)17-9-8(11)5-13-10(12)15-9/h4-6H,2-3H2,1H3,(H2,12,13,15). The maximum atomic E-state index is 13.3. The van der Waals surface area contributed by atoms with Gasteiger partial charge in [0.2, 0.25) is 11.8 Å². The fourth-order valence-corrected chi connectivity index (χ4v) is 1.30. The zero-order valence-electron chi connectivity index (χ0n) is 9.30. The van der Waals surface area contributed by atoms with Crippen molar-refractivity contribution in [3.05, 3.63) is 24.4 Å². The molecular formula is C10H12FN5O. The Morgan fingerprint density at radius 3 is 3.06 bits per heavy atom. The summed E-state index contributed by atoms with van der Waals surface area (Å²) in [5.74, 6) is -0.492. The third kappa shape index (κ3) is 2.68. The van der Waals surface area contributed by atoms with Crippen LogP contribution in [0.5, 0.6) is 11.6 Å². The highest BCUT2D eigenvalue weighted by Gasteiger charge is 2.09. The summed E-state index contributed by atoms with van der Waals surface area (Å²) in [7, 11) is 0. The van der Waals surface area contributed by atoms with E-state index in [-0.39, 0.29) is 11.8 Å². The Morgan fingerprint density at radius 1 is 1.47 bits per heavy atom. The summed E-state index contributed by atoms with van der Waals surface area (Å²) in [4.78, 5) is 7.16. The van der Waals surface area contributed by atoms with Crippen molar-refractivity contribution in [1.29, 1.82) is 0 Å². The minimum absolute atomic E-state index is 0.0395. The minimum atomic E-state index is -0.664. The first kappa shape index (κ1) is 11.3. The predicted octanol–water partition coefficient (Wildman–Crippen LogP) is 1.60. The molecule has 2 rings (SSSR count). The van der Waals surface area contributed by atoms with Gasteiger partial charge in [-0.3, -0.25) is 4.68 Å². The number of hydrogen-bond donors (Lipinski definition) is 1. The van der Waals surface area contributed by atoms with Crippen LogP contribution in [0.1, 0.15) is 13.3 Å². The van der Waals surface area contributed by atoms with E-state index in [9.17, 15) is 4.39 Å². The summed E-state index contributed by atoms with van der Waals surface area (Å²) in [5.41, 5.74) is 5.34. The number of nitrogens with two attached hydrogens (primary N) is 1. The third-order valence-electron chi connectivity index (χ3n) is 2.01. The summed E-state index contributed by atoms with van der Waals surface area (Å²) < 4.78 is 20.2. The van der Waals surface area contributed by atoms with Crippen LogP contribution >= 0.6 is 0 Å². The average molecular weight is 237 g/mol. The lowest BCUT2D eigenvalue weighted by Gasteiger charge is -2.02. The largest absolute Gasteiger partial charge is 0.433 e. The molecule has 0 radical (unpaired) electrons. The van der Waals surface area contributed by atoms with Crippen molar-refractivity contribution in [3.8, 4) is 11.6 Å². The van der Waals surface area contributed by atoms with Gasteiger partial charge in [-0.15, -0.1) is 0 Å². The molecule has 0 unspecified atom stereocenters. The lowest BCUT2D eigenvalue weighted by Crippen LogP contribution is -1.99. The smallest absolute Gasteiger partial charge is 0.260 e. The maximum Gasteiger partial charge on any atom is 0.260 e. The fourth-order valence-electron chi connectivity index (χ4n) is 1.30. The second-order valence-electron chi connectivity index (χ2n) is 3.42. The molecule has 0 saturated heterocycles. The molecule has 17 heavy (non-hydrogen) atoms. The first-order valence-corrected chi connectivity index (χ1v) is 5.17. The molecule has 2 heterocycles. The average Bonchev–Trinajstić information content (AvgIpc) is 2.72. The molecule has 2 aromatic heterocycles. The van der Waals surface area contributed by atoms with Crippen molar-refractivity contribution >= 4 is 5.95 Å². The van der Waals surface area contributed by atoms with Crippen LogP contribution in [0.4, 0.5) is 10.3 Å². The van der Waals surface area contributed by atoms with Crippen LogP contribution in [-0.2, 0) is 6.54 Å². The first-order valence-electron chi connectivity index (χ1n) is 5.17. The molecule has 2 N–H and O–H groups in total. The van der Waals surface area contributed by atoms with Crippen molar-refractivity contribution in [2.24, 2.45) is 0 Å². The molecule has 0 fully saturated rings. The summed E-state index contributed by atoms with van der Waals surface area (Å²) >= 11 is 0. The molecular weight excluding hydrogens is 225 g/mol. The Morgan fingerprint density at radius 2 is 2.29 bits per heavy atom. The van der Waals surface area contributed by atoms with Gasteiger partial charge >= 0.3 is 0 Å². The normalized spacial score (nSPS) is 10.5. The minimum Gasteiger partial charge on any atom is -0.433 e. The van der Waals surface area contributed by atoms with Gasteiger partial charge < -0.3 is 10.5 Å². The summed E-state index contributed by atoms with van der Waals surface area (Å²) in [6.07, 6.45) is 5.08. The highest BCUT2D eigenvalue weighted by Crippen LogP contribution is 2.21. The van der Waals surface area contributed by atoms with E-state index in [1.54, 1.807) is 10.9 Å². The molecule has 2 aromatic rings. The van der Waals surface area contributed by atoms with Crippen molar-refractivity contribution < 1.29 is 9.13 Å². The van der Waals surface area contributed by atoms with Crippen LogP contribution in [0.3, 0.4) is 0 Å². The van der Waals surface area contributed by atoms with E-state index in [0.717, 1.165) is 19.2 Å². The molecule has 0 aliphatic rings. The van der Waals surface area contributed by atoms with Crippen LogP contribution < -0.4 is 10.5 Å². The molecule has 6 nitrogen and oxygen atoms in total. The number of ether oxygens (including phenoxy) is 1. The monoisotopic (exact) mass is 237 g/mol. The molecule has 0 saturated carbocycles. The van der Waals surface area contributed by atoms with Gasteiger partial charge in [0.25, 0.3) is 5.88 Å². The topological polar surface area (TPSA) is 78.9 Å². The number of aromatic nitrogens is 4. The number of nitrogen functional groups attached to an aromatic ring is 1. The molecule has 0 spiro atoms. The van der Waals surface area contributed by atoms with E-state index in [1.807, 2.05) is 6.92 Å². The van der Waals surface area contributed by atoms with Crippen molar-refractivity contribution in [2.45, 2.75) is 19.9 Å². The molecule has 0 aliphatic carbocycles. The van der Waals surface area contributed by atoms with Gasteiger partial charge in [0, 0.05) is 6.54 Å². The van der Waals surface area contributed by atoms with Gasteiger partial charge in [0.05, 0.1) is 18.6 Å². The molecule has 90 valence electrons. The van der Waals surface area contributed by atoms with Crippen LogP contribution in [-0.4, -0.2) is 19.7 Å². The van der Waals surface area contributed by atoms with Crippen molar-refractivity contribution in [2.75, 3.05) is 5.73 Å². The van der Waals surface area contributed by atoms with E-state index in [4.69, 9.17) is 10.5 Å². The fraction of sp³-hybridized carbons (Fsp3) is 0.300. The van der Waals surface area contributed by atoms with E-state index in [2.05, 4.69) is 15.1 Å². The number of rotatable bonds is 4. The van der Waals surface area contributed by atoms with Gasteiger partial charge in [0.1, 0.15) is 0 Å². The van der Waals surface area contributed by atoms with Gasteiger partial charge in [0.15, 0.2) is 5.75 Å². The van der Waals surface area contributed by atoms with E-state index >= 15 is 0 Å². The van der Waals surface area contributed by atoms with Gasteiger partial charge in [-0.25, -0.2) is 4.98 Å². The van der Waals surface area contributed by atoms with Gasteiger partial charge in [-0.05, 0) is 6.42 Å². The number of anilines is 1. The van der Waals surface area contributed by atoms with E-state index in [0.29, 0.717) is 5.75 Å². The zero-order valence-corrected chi connectivity index (χ0v) is 9.30. The lowest BCUT2D eigenvalue weighted by molar-refractivity contribution is 0.420. The molecule has 0 amide bonds. The second kappa shape index (κ2) is 4.77. The third-order valence-corrected chi connectivity index (χ3v) is 2.01. The maximum absolute atomic E-state index is 13.3. The van der Waals surface area contributed by atoms with Crippen molar-refractivity contribution in [1.82, 2.24) is 19.7 Å². The van der Waals surface area contributed by atoms with Crippen LogP contribution in [0.15, 0.2) is 18.6 Å².